The second-order valence-corrected chi connectivity index (χ2v) is 5.82. The Hall–Kier alpha value is -3.36. The minimum Gasteiger partial charge on any atom is -0.398 e. The van der Waals surface area contributed by atoms with Gasteiger partial charge in [-0.15, -0.1) is 0 Å². The molecule has 1 N–H and O–H groups in total. The summed E-state index contributed by atoms with van der Waals surface area (Å²) in [4.78, 5) is 22.0. The van der Waals surface area contributed by atoms with Gasteiger partial charge in [-0.05, 0) is 11.6 Å². The molecule has 0 saturated heterocycles. The van der Waals surface area contributed by atoms with Crippen molar-refractivity contribution in [1.29, 1.82) is 0 Å². The molecule has 0 fully saturated rings. The standard InChI is InChI=1S/C20H20F3N3O3/c1-24-19(27)18(26-28-2)17-9-4-3-7-15(17)13-29-25-11-10-14-6-5-8-16(12-14)20(21,22)23/h3-9,11-12H,10,13H2,1-2H3,(H,24,27)/b25-11+,26-18+. The van der Waals surface area contributed by atoms with E-state index in [4.69, 9.17) is 9.68 Å². The summed E-state index contributed by atoms with van der Waals surface area (Å²) >= 11 is 0. The van der Waals surface area contributed by atoms with Gasteiger partial charge in [-0.1, -0.05) is 52.8 Å². The monoisotopic (exact) mass is 407 g/mol. The summed E-state index contributed by atoms with van der Waals surface area (Å²) in [5.41, 5.74) is 0.992. The molecule has 2 aromatic carbocycles. The average molecular weight is 407 g/mol. The van der Waals surface area contributed by atoms with E-state index < -0.39 is 17.6 Å². The first-order chi connectivity index (χ1) is 13.9. The van der Waals surface area contributed by atoms with Crippen molar-refractivity contribution in [2.45, 2.75) is 19.2 Å². The lowest BCUT2D eigenvalue weighted by atomic mass is 10.0. The quantitative estimate of drug-likeness (QED) is 0.537. The van der Waals surface area contributed by atoms with Gasteiger partial charge in [0, 0.05) is 30.8 Å². The number of likely N-dealkylation sites (N-methyl/N-ethyl adjacent to an activating group) is 1. The molecule has 2 aromatic rings. The predicted molar refractivity (Wildman–Crippen MR) is 102 cm³/mol. The van der Waals surface area contributed by atoms with Gasteiger partial charge in [0.25, 0.3) is 5.91 Å². The van der Waals surface area contributed by atoms with E-state index in [1.165, 1.54) is 26.4 Å². The van der Waals surface area contributed by atoms with Crippen LogP contribution in [0.25, 0.3) is 0 Å². The first kappa shape index (κ1) is 21.9. The molecule has 0 aromatic heterocycles. The summed E-state index contributed by atoms with van der Waals surface area (Å²) < 4.78 is 38.2. The van der Waals surface area contributed by atoms with Crippen molar-refractivity contribution in [3.05, 3.63) is 70.8 Å². The largest absolute Gasteiger partial charge is 0.416 e. The fourth-order valence-electron chi connectivity index (χ4n) is 2.48. The van der Waals surface area contributed by atoms with E-state index >= 15 is 0 Å². The molecule has 0 unspecified atom stereocenters. The van der Waals surface area contributed by atoms with Gasteiger partial charge in [-0.3, -0.25) is 4.79 Å². The number of nitrogens with zero attached hydrogens (tertiary/aromatic N) is 2. The number of halogens is 3. The zero-order valence-electron chi connectivity index (χ0n) is 15.9. The topological polar surface area (TPSA) is 72.3 Å². The van der Waals surface area contributed by atoms with Crippen LogP contribution in [0.1, 0.15) is 22.3 Å². The van der Waals surface area contributed by atoms with Crippen LogP contribution in [0.15, 0.2) is 58.8 Å². The van der Waals surface area contributed by atoms with Crippen LogP contribution in [0.5, 0.6) is 0 Å². The summed E-state index contributed by atoms with van der Waals surface area (Å²) in [7, 11) is 2.81. The first-order valence-electron chi connectivity index (χ1n) is 8.58. The van der Waals surface area contributed by atoms with E-state index in [2.05, 4.69) is 15.6 Å². The molecular weight excluding hydrogens is 387 g/mol. The molecule has 1 amide bonds. The van der Waals surface area contributed by atoms with Crippen molar-refractivity contribution < 1.29 is 27.6 Å². The third-order valence-electron chi connectivity index (χ3n) is 3.85. The normalized spacial score (nSPS) is 12.1. The van der Waals surface area contributed by atoms with Crippen LogP contribution in [-0.4, -0.2) is 32.0 Å². The van der Waals surface area contributed by atoms with Gasteiger partial charge in [0.2, 0.25) is 0 Å². The summed E-state index contributed by atoms with van der Waals surface area (Å²) in [5, 5.41) is 10.0. The lowest BCUT2D eigenvalue weighted by molar-refractivity contribution is -0.137. The summed E-state index contributed by atoms with van der Waals surface area (Å²) in [6.45, 7) is 0.0367. The molecule has 6 nitrogen and oxygen atoms in total. The van der Waals surface area contributed by atoms with Crippen molar-refractivity contribution in [2.24, 2.45) is 10.3 Å². The van der Waals surface area contributed by atoms with Crippen molar-refractivity contribution in [3.63, 3.8) is 0 Å². The number of hydrogen-bond donors (Lipinski definition) is 1. The predicted octanol–water partition coefficient (Wildman–Crippen LogP) is 3.55. The number of nitrogens with one attached hydrogen (secondary N) is 1. The van der Waals surface area contributed by atoms with Gasteiger partial charge >= 0.3 is 6.18 Å². The minimum absolute atomic E-state index is 0.0367. The Bertz CT molecular complexity index is 896. The number of carbonyl (C=O) groups excluding carboxylic acids is 1. The number of rotatable bonds is 8. The van der Waals surface area contributed by atoms with Crippen LogP contribution in [0.3, 0.4) is 0 Å². The molecule has 0 aliphatic rings. The van der Waals surface area contributed by atoms with Gasteiger partial charge in [-0.25, -0.2) is 0 Å². The average Bonchev–Trinajstić information content (AvgIpc) is 2.71. The van der Waals surface area contributed by atoms with Gasteiger partial charge in [0.05, 0.1) is 5.56 Å². The molecule has 0 aliphatic heterocycles. The maximum Gasteiger partial charge on any atom is 0.416 e. The molecule has 0 atom stereocenters. The maximum absolute atomic E-state index is 12.7. The third-order valence-corrected chi connectivity index (χ3v) is 3.85. The van der Waals surface area contributed by atoms with Crippen LogP contribution in [0, 0.1) is 0 Å². The highest BCUT2D eigenvalue weighted by molar-refractivity contribution is 6.45. The molecule has 2 rings (SSSR count). The number of oxime groups is 2. The number of benzene rings is 2. The van der Waals surface area contributed by atoms with E-state index in [9.17, 15) is 18.0 Å². The highest BCUT2D eigenvalue weighted by Gasteiger charge is 2.30. The van der Waals surface area contributed by atoms with Crippen LogP contribution >= 0.6 is 0 Å². The summed E-state index contributed by atoms with van der Waals surface area (Å²) in [6.07, 6.45) is -2.83. The number of amides is 1. The zero-order valence-corrected chi connectivity index (χ0v) is 15.9. The molecule has 0 bridgehead atoms. The molecule has 0 radical (unpaired) electrons. The fourth-order valence-corrected chi connectivity index (χ4v) is 2.48. The van der Waals surface area contributed by atoms with E-state index in [0.29, 0.717) is 16.7 Å². The zero-order chi connectivity index (χ0) is 21.3. The Balaban J connectivity index is 2.03. The number of alkyl halides is 3. The highest BCUT2D eigenvalue weighted by Crippen LogP contribution is 2.29. The molecule has 0 heterocycles. The van der Waals surface area contributed by atoms with Crippen molar-refractivity contribution in [1.82, 2.24) is 5.32 Å². The molecule has 29 heavy (non-hydrogen) atoms. The maximum atomic E-state index is 12.7. The Kier molecular flexibility index (Phi) is 7.76. The smallest absolute Gasteiger partial charge is 0.398 e. The number of carbonyl (C=O) groups is 1. The van der Waals surface area contributed by atoms with Crippen molar-refractivity contribution >= 4 is 17.8 Å². The van der Waals surface area contributed by atoms with Gasteiger partial charge in [-0.2, -0.15) is 13.2 Å². The fraction of sp³-hybridized carbons (Fsp3) is 0.250. The SMILES string of the molecule is CNC(=O)/C(=N/OC)c1ccccc1CO/N=C/Cc1cccc(C(F)(F)F)c1. The van der Waals surface area contributed by atoms with Gasteiger partial charge in [0.1, 0.15) is 13.7 Å². The molecule has 154 valence electrons. The highest BCUT2D eigenvalue weighted by atomic mass is 19.4. The Morgan fingerprint density at radius 1 is 1.17 bits per heavy atom. The second kappa shape index (κ2) is 10.3. The van der Waals surface area contributed by atoms with Crippen molar-refractivity contribution in [2.75, 3.05) is 14.2 Å². The summed E-state index contributed by atoms with van der Waals surface area (Å²) in [5.74, 6) is -0.424. The molecular formula is C20H20F3N3O3. The first-order valence-corrected chi connectivity index (χ1v) is 8.58. The lowest BCUT2D eigenvalue weighted by Crippen LogP contribution is -2.29. The number of hydrogen-bond acceptors (Lipinski definition) is 5. The summed E-state index contributed by atoms with van der Waals surface area (Å²) in [6, 6.07) is 11.9. The lowest BCUT2D eigenvalue weighted by Gasteiger charge is -2.10. The van der Waals surface area contributed by atoms with Gasteiger partial charge < -0.3 is 15.0 Å². The van der Waals surface area contributed by atoms with Crippen LogP contribution in [0.2, 0.25) is 0 Å². The van der Waals surface area contributed by atoms with Crippen LogP contribution in [0.4, 0.5) is 13.2 Å². The van der Waals surface area contributed by atoms with Gasteiger partial charge in [0.15, 0.2) is 5.71 Å². The van der Waals surface area contributed by atoms with E-state index in [1.807, 2.05) is 0 Å². The second-order valence-electron chi connectivity index (χ2n) is 5.82. The molecule has 0 saturated carbocycles. The Morgan fingerprint density at radius 2 is 1.93 bits per heavy atom. The van der Waals surface area contributed by atoms with E-state index in [-0.39, 0.29) is 18.7 Å². The van der Waals surface area contributed by atoms with Crippen LogP contribution in [-0.2, 0) is 33.7 Å². The third kappa shape index (κ3) is 6.34. The molecule has 0 spiro atoms. The molecule has 0 aliphatic carbocycles. The minimum atomic E-state index is -4.39. The van der Waals surface area contributed by atoms with E-state index in [1.54, 1.807) is 30.3 Å². The molecule has 9 heteroatoms. The van der Waals surface area contributed by atoms with Crippen LogP contribution < -0.4 is 5.32 Å². The Morgan fingerprint density at radius 3 is 2.62 bits per heavy atom. The van der Waals surface area contributed by atoms with E-state index in [0.717, 1.165) is 12.1 Å². The van der Waals surface area contributed by atoms with Crippen molar-refractivity contribution in [3.8, 4) is 0 Å². The Labute approximate surface area is 166 Å².